The second-order valence-electron chi connectivity index (χ2n) is 5.49. The van der Waals surface area contributed by atoms with E-state index in [4.69, 9.17) is 0 Å². The fraction of sp³-hybridized carbons (Fsp3) is 0.429. The molecule has 0 aliphatic rings. The average Bonchev–Trinajstić information content (AvgIpc) is 2.49. The number of aryl methyl sites for hydroxylation is 1. The Balaban J connectivity index is 2.70. The molecule has 4 heteroatoms. The standard InChI is InChI=1S/C14H15F3S/c1-8-12(13(2,3)4)10-6-5-9(14(15,16)17)7-11(10)18-8/h5-7H,1-4H3. The molecule has 0 N–H and O–H groups in total. The first-order valence-electron chi connectivity index (χ1n) is 5.71. The molecule has 0 bridgehead atoms. The van der Waals surface area contributed by atoms with Crippen molar-refractivity contribution < 1.29 is 13.2 Å². The van der Waals surface area contributed by atoms with Gasteiger partial charge in [0.15, 0.2) is 0 Å². The van der Waals surface area contributed by atoms with Crippen LogP contribution in [0.15, 0.2) is 18.2 Å². The van der Waals surface area contributed by atoms with Gasteiger partial charge in [0.1, 0.15) is 0 Å². The third-order valence-corrected chi connectivity index (χ3v) is 4.01. The number of benzene rings is 1. The molecule has 98 valence electrons. The van der Waals surface area contributed by atoms with Crippen LogP contribution in [0.4, 0.5) is 13.2 Å². The summed E-state index contributed by atoms with van der Waals surface area (Å²) in [7, 11) is 0. The van der Waals surface area contributed by atoms with Gasteiger partial charge in [-0.25, -0.2) is 0 Å². The van der Waals surface area contributed by atoms with Gasteiger partial charge in [-0.2, -0.15) is 13.2 Å². The van der Waals surface area contributed by atoms with Crippen LogP contribution in [-0.4, -0.2) is 0 Å². The fourth-order valence-electron chi connectivity index (χ4n) is 2.33. The first-order valence-corrected chi connectivity index (χ1v) is 6.53. The second kappa shape index (κ2) is 3.98. The molecule has 2 aromatic rings. The molecule has 0 atom stereocenters. The summed E-state index contributed by atoms with van der Waals surface area (Å²) >= 11 is 1.44. The van der Waals surface area contributed by atoms with Crippen molar-refractivity contribution in [2.75, 3.05) is 0 Å². The maximum atomic E-state index is 12.7. The lowest BCUT2D eigenvalue weighted by Gasteiger charge is -2.19. The average molecular weight is 272 g/mol. The molecular weight excluding hydrogens is 257 g/mol. The zero-order chi connectivity index (χ0) is 13.7. The minimum absolute atomic E-state index is 0.0535. The van der Waals surface area contributed by atoms with Gasteiger partial charge in [-0.15, -0.1) is 11.3 Å². The normalized spacial score (nSPS) is 13.3. The van der Waals surface area contributed by atoms with Gasteiger partial charge < -0.3 is 0 Å². The van der Waals surface area contributed by atoms with Crippen LogP contribution in [0.3, 0.4) is 0 Å². The van der Waals surface area contributed by atoms with Crippen molar-refractivity contribution in [3.63, 3.8) is 0 Å². The van der Waals surface area contributed by atoms with Crippen LogP contribution in [0.2, 0.25) is 0 Å². The fourth-order valence-corrected chi connectivity index (χ4v) is 3.64. The molecule has 0 aliphatic carbocycles. The zero-order valence-corrected chi connectivity index (χ0v) is 11.6. The Morgan fingerprint density at radius 1 is 1.06 bits per heavy atom. The molecule has 18 heavy (non-hydrogen) atoms. The van der Waals surface area contributed by atoms with Crippen molar-refractivity contribution in [1.29, 1.82) is 0 Å². The van der Waals surface area contributed by atoms with Crippen LogP contribution in [0, 0.1) is 6.92 Å². The molecule has 0 aliphatic heterocycles. The molecule has 0 amide bonds. The van der Waals surface area contributed by atoms with E-state index in [0.29, 0.717) is 4.70 Å². The molecule has 0 spiro atoms. The summed E-state index contributed by atoms with van der Waals surface area (Å²) in [6, 6.07) is 4.02. The van der Waals surface area contributed by atoms with Crippen molar-refractivity contribution in [1.82, 2.24) is 0 Å². The van der Waals surface area contributed by atoms with Gasteiger partial charge in [0.05, 0.1) is 5.56 Å². The predicted molar refractivity (Wildman–Crippen MR) is 70.3 cm³/mol. The molecule has 0 saturated heterocycles. The molecule has 1 aromatic heterocycles. The van der Waals surface area contributed by atoms with E-state index in [9.17, 15) is 13.2 Å². The summed E-state index contributed by atoms with van der Waals surface area (Å²) in [4.78, 5) is 1.09. The molecule has 0 saturated carbocycles. The monoisotopic (exact) mass is 272 g/mol. The topological polar surface area (TPSA) is 0 Å². The Morgan fingerprint density at radius 3 is 2.17 bits per heavy atom. The third kappa shape index (κ3) is 2.26. The maximum Gasteiger partial charge on any atom is 0.416 e. The third-order valence-electron chi connectivity index (χ3n) is 2.94. The van der Waals surface area contributed by atoms with E-state index in [0.717, 1.165) is 15.8 Å². The van der Waals surface area contributed by atoms with Crippen LogP contribution in [0.1, 0.15) is 36.8 Å². The Labute approximate surface area is 108 Å². The molecule has 1 aromatic carbocycles. The van der Waals surface area contributed by atoms with Gasteiger partial charge in [-0.1, -0.05) is 26.8 Å². The summed E-state index contributed by atoms with van der Waals surface area (Å²) in [6.45, 7) is 8.22. The van der Waals surface area contributed by atoms with Crippen molar-refractivity contribution in [3.05, 3.63) is 34.2 Å². The molecule has 1 heterocycles. The molecule has 0 nitrogen and oxygen atoms in total. The number of thiophene rings is 1. The highest BCUT2D eigenvalue weighted by atomic mass is 32.1. The summed E-state index contributed by atoms with van der Waals surface area (Å²) in [6.07, 6.45) is -4.27. The quantitative estimate of drug-likeness (QED) is 0.592. The SMILES string of the molecule is Cc1sc2cc(C(F)(F)F)ccc2c1C(C)(C)C. The van der Waals surface area contributed by atoms with Crippen LogP contribution >= 0.6 is 11.3 Å². The summed E-state index contributed by atoms with van der Waals surface area (Å²) in [5.74, 6) is 0. The predicted octanol–water partition coefficient (Wildman–Crippen LogP) is 5.53. The van der Waals surface area contributed by atoms with Crippen molar-refractivity contribution >= 4 is 21.4 Å². The van der Waals surface area contributed by atoms with Crippen LogP contribution in [0.5, 0.6) is 0 Å². The van der Waals surface area contributed by atoms with Crippen molar-refractivity contribution in [2.45, 2.75) is 39.3 Å². The van der Waals surface area contributed by atoms with Crippen LogP contribution in [0.25, 0.3) is 10.1 Å². The van der Waals surface area contributed by atoms with Crippen molar-refractivity contribution in [3.8, 4) is 0 Å². The first-order chi connectivity index (χ1) is 8.10. The lowest BCUT2D eigenvalue weighted by Crippen LogP contribution is -2.11. The van der Waals surface area contributed by atoms with Gasteiger partial charge >= 0.3 is 6.18 Å². The molecule has 0 radical (unpaired) electrons. The van der Waals surface area contributed by atoms with E-state index in [1.54, 1.807) is 6.07 Å². The van der Waals surface area contributed by atoms with Gasteiger partial charge in [0, 0.05) is 9.58 Å². The number of halogens is 3. The summed E-state index contributed by atoms with van der Waals surface area (Å²) in [5.41, 5.74) is 0.523. The number of rotatable bonds is 0. The number of alkyl halides is 3. The van der Waals surface area contributed by atoms with Gasteiger partial charge in [-0.05, 0) is 35.4 Å². The maximum absolute atomic E-state index is 12.7. The molecule has 2 rings (SSSR count). The molecule has 0 fully saturated rings. The highest BCUT2D eigenvalue weighted by Gasteiger charge is 2.31. The first kappa shape index (κ1) is 13.4. The van der Waals surface area contributed by atoms with E-state index >= 15 is 0 Å². The number of fused-ring (bicyclic) bond motifs is 1. The van der Waals surface area contributed by atoms with Crippen LogP contribution in [-0.2, 0) is 11.6 Å². The van der Waals surface area contributed by atoms with Gasteiger partial charge in [-0.3, -0.25) is 0 Å². The molecular formula is C14H15F3S. The van der Waals surface area contributed by atoms with E-state index in [2.05, 4.69) is 20.8 Å². The van der Waals surface area contributed by atoms with Crippen molar-refractivity contribution in [2.24, 2.45) is 0 Å². The lowest BCUT2D eigenvalue weighted by molar-refractivity contribution is -0.137. The van der Waals surface area contributed by atoms with E-state index < -0.39 is 11.7 Å². The van der Waals surface area contributed by atoms with E-state index in [-0.39, 0.29) is 5.41 Å². The Hall–Kier alpha value is -1.03. The second-order valence-corrected chi connectivity index (χ2v) is 6.75. The zero-order valence-electron chi connectivity index (χ0n) is 10.8. The Morgan fingerprint density at radius 2 is 1.67 bits per heavy atom. The lowest BCUT2D eigenvalue weighted by atomic mass is 9.85. The Kier molecular flexibility index (Phi) is 2.97. The van der Waals surface area contributed by atoms with E-state index in [1.165, 1.54) is 23.5 Å². The highest BCUT2D eigenvalue weighted by molar-refractivity contribution is 7.19. The number of hydrogen-bond acceptors (Lipinski definition) is 1. The van der Waals surface area contributed by atoms with Crippen LogP contribution < -0.4 is 0 Å². The Bertz CT molecular complexity index is 585. The van der Waals surface area contributed by atoms with E-state index in [1.807, 2.05) is 6.92 Å². The summed E-state index contributed by atoms with van der Waals surface area (Å²) in [5, 5.41) is 0.943. The van der Waals surface area contributed by atoms with Gasteiger partial charge in [0.2, 0.25) is 0 Å². The molecule has 0 unspecified atom stereocenters. The summed E-state index contributed by atoms with van der Waals surface area (Å²) < 4.78 is 38.7. The largest absolute Gasteiger partial charge is 0.416 e. The minimum atomic E-state index is -4.27. The highest BCUT2D eigenvalue weighted by Crippen LogP contribution is 2.41. The smallest absolute Gasteiger partial charge is 0.166 e. The number of hydrogen-bond donors (Lipinski definition) is 0. The minimum Gasteiger partial charge on any atom is -0.166 e. The van der Waals surface area contributed by atoms with Gasteiger partial charge in [0.25, 0.3) is 0 Å².